The van der Waals surface area contributed by atoms with Crippen LogP contribution in [0.3, 0.4) is 0 Å². The van der Waals surface area contributed by atoms with Crippen LogP contribution in [0.15, 0.2) is 18.2 Å². The van der Waals surface area contributed by atoms with E-state index in [0.29, 0.717) is 17.9 Å². The van der Waals surface area contributed by atoms with Gasteiger partial charge >= 0.3 is 0 Å². The van der Waals surface area contributed by atoms with Crippen molar-refractivity contribution in [3.63, 3.8) is 0 Å². The van der Waals surface area contributed by atoms with Crippen LogP contribution in [0.1, 0.15) is 37.9 Å². The number of Topliss-reactive ketones (excluding diaryl/α,β-unsaturated/α-hetero) is 1. The predicted octanol–water partition coefficient (Wildman–Crippen LogP) is 2.76. The van der Waals surface area contributed by atoms with E-state index in [1.54, 1.807) is 6.07 Å². The predicted molar refractivity (Wildman–Crippen MR) is 70.6 cm³/mol. The van der Waals surface area contributed by atoms with Gasteiger partial charge in [-0.05, 0) is 44.0 Å². The highest BCUT2D eigenvalue weighted by Gasteiger charge is 2.40. The first kappa shape index (κ1) is 13.2. The van der Waals surface area contributed by atoms with Gasteiger partial charge in [-0.15, -0.1) is 0 Å². The summed E-state index contributed by atoms with van der Waals surface area (Å²) in [4.78, 5) is 24.8. The molecule has 96 valence electrons. The number of hydrogen-bond acceptors (Lipinski definition) is 3. The maximum atomic E-state index is 11.9. The molecule has 1 aromatic carbocycles. The second-order valence-electron chi connectivity index (χ2n) is 5.56. The summed E-state index contributed by atoms with van der Waals surface area (Å²) >= 11 is 5.98. The highest BCUT2D eigenvalue weighted by molar-refractivity contribution is 6.31. The molecule has 0 saturated heterocycles. The number of fused-ring (bicyclic) bond motifs is 1. The van der Waals surface area contributed by atoms with Gasteiger partial charge in [0.25, 0.3) is 0 Å². The van der Waals surface area contributed by atoms with E-state index < -0.39 is 11.8 Å². The van der Waals surface area contributed by atoms with Crippen LogP contribution in [0, 0.1) is 0 Å². The van der Waals surface area contributed by atoms with Crippen LogP contribution in [0.4, 0.5) is 0 Å². The Bertz CT molecular complexity index is 505. The molecule has 0 aromatic heterocycles. The van der Waals surface area contributed by atoms with Crippen molar-refractivity contribution in [2.45, 2.75) is 38.9 Å². The second kappa shape index (κ2) is 4.48. The van der Waals surface area contributed by atoms with Gasteiger partial charge in [0.2, 0.25) is 5.78 Å². The number of ketones is 1. The first-order valence-electron chi connectivity index (χ1n) is 5.88. The summed E-state index contributed by atoms with van der Waals surface area (Å²) in [5.41, 5.74) is 1.73. The standard InChI is InChI=1S/C14H16ClNO2/c1-14(2,3)16-7-9-4-5-10(15)6-11(9)13(16)12(18)8-17/h4-6,8,13H,7H2,1-3H3. The lowest BCUT2D eigenvalue weighted by atomic mass is 9.99. The quantitative estimate of drug-likeness (QED) is 0.610. The van der Waals surface area contributed by atoms with Crippen LogP contribution in [-0.2, 0) is 16.1 Å². The summed E-state index contributed by atoms with van der Waals surface area (Å²) in [6.07, 6.45) is 0.402. The van der Waals surface area contributed by atoms with Crippen LogP contribution in [0.25, 0.3) is 0 Å². The third-order valence-electron chi connectivity index (χ3n) is 3.30. The van der Waals surface area contributed by atoms with E-state index in [1.807, 2.05) is 37.8 Å². The third kappa shape index (κ3) is 2.20. The molecule has 1 aliphatic heterocycles. The van der Waals surface area contributed by atoms with Crippen molar-refractivity contribution in [3.05, 3.63) is 34.3 Å². The molecule has 1 aliphatic rings. The highest BCUT2D eigenvalue weighted by atomic mass is 35.5. The number of hydrogen-bond donors (Lipinski definition) is 0. The molecule has 2 rings (SSSR count). The lowest BCUT2D eigenvalue weighted by Crippen LogP contribution is -2.42. The van der Waals surface area contributed by atoms with E-state index in [1.165, 1.54) is 0 Å². The van der Waals surface area contributed by atoms with Crippen LogP contribution in [-0.4, -0.2) is 22.5 Å². The Morgan fingerprint density at radius 1 is 1.44 bits per heavy atom. The molecule has 0 fully saturated rings. The molecule has 0 radical (unpaired) electrons. The minimum atomic E-state index is -0.504. The fourth-order valence-electron chi connectivity index (χ4n) is 2.40. The smallest absolute Gasteiger partial charge is 0.216 e. The first-order valence-corrected chi connectivity index (χ1v) is 6.26. The van der Waals surface area contributed by atoms with Gasteiger partial charge < -0.3 is 0 Å². The Hall–Kier alpha value is -1.19. The third-order valence-corrected chi connectivity index (χ3v) is 3.54. The van der Waals surface area contributed by atoms with Crippen molar-refractivity contribution in [2.75, 3.05) is 0 Å². The van der Waals surface area contributed by atoms with E-state index in [0.717, 1.165) is 11.1 Å². The monoisotopic (exact) mass is 265 g/mol. The highest BCUT2D eigenvalue weighted by Crippen LogP contribution is 2.39. The molecule has 3 nitrogen and oxygen atoms in total. The number of carbonyl (C=O) groups excluding carboxylic acids is 2. The number of halogens is 1. The molecule has 1 heterocycles. The van der Waals surface area contributed by atoms with Crippen molar-refractivity contribution in [1.29, 1.82) is 0 Å². The van der Waals surface area contributed by atoms with Gasteiger partial charge in [-0.2, -0.15) is 0 Å². The Morgan fingerprint density at radius 2 is 2.11 bits per heavy atom. The number of carbonyl (C=O) groups is 2. The molecule has 18 heavy (non-hydrogen) atoms. The minimum absolute atomic E-state index is 0.186. The van der Waals surface area contributed by atoms with Gasteiger partial charge in [0.1, 0.15) is 6.04 Å². The summed E-state index contributed by atoms with van der Waals surface area (Å²) in [5.74, 6) is -0.411. The summed E-state index contributed by atoms with van der Waals surface area (Å²) in [5, 5.41) is 0.591. The van der Waals surface area contributed by atoms with Gasteiger partial charge in [0.15, 0.2) is 6.29 Å². The molecule has 1 aromatic rings. The number of nitrogens with zero attached hydrogens (tertiary/aromatic N) is 1. The van der Waals surface area contributed by atoms with Crippen molar-refractivity contribution in [3.8, 4) is 0 Å². The Kier molecular flexibility index (Phi) is 3.30. The Balaban J connectivity index is 2.51. The minimum Gasteiger partial charge on any atom is -0.295 e. The van der Waals surface area contributed by atoms with Gasteiger partial charge in [-0.1, -0.05) is 17.7 Å². The normalized spacial score (nSPS) is 19.7. The maximum Gasteiger partial charge on any atom is 0.216 e. The molecular formula is C14H16ClNO2. The zero-order chi connectivity index (χ0) is 13.5. The van der Waals surface area contributed by atoms with Crippen molar-refractivity contribution in [1.82, 2.24) is 4.90 Å². The van der Waals surface area contributed by atoms with Gasteiger partial charge in [-0.25, -0.2) is 0 Å². The number of aldehydes is 1. The molecule has 0 aliphatic carbocycles. The van der Waals surface area contributed by atoms with Gasteiger partial charge in [-0.3, -0.25) is 14.5 Å². The number of benzene rings is 1. The molecular weight excluding hydrogens is 250 g/mol. The molecule has 0 spiro atoms. The topological polar surface area (TPSA) is 37.4 Å². The van der Waals surface area contributed by atoms with E-state index in [9.17, 15) is 9.59 Å². The molecule has 4 heteroatoms. The van der Waals surface area contributed by atoms with Crippen LogP contribution in [0.5, 0.6) is 0 Å². The largest absolute Gasteiger partial charge is 0.295 e. The molecule has 1 atom stereocenters. The Labute approximate surface area is 112 Å². The summed E-state index contributed by atoms with van der Waals surface area (Å²) < 4.78 is 0. The number of rotatable bonds is 2. The lowest BCUT2D eigenvalue weighted by molar-refractivity contribution is -0.134. The average Bonchev–Trinajstić information content (AvgIpc) is 2.66. The van der Waals surface area contributed by atoms with E-state index in [-0.39, 0.29) is 5.54 Å². The van der Waals surface area contributed by atoms with Gasteiger partial charge in [0, 0.05) is 17.1 Å². The van der Waals surface area contributed by atoms with E-state index in [2.05, 4.69) is 0 Å². The Morgan fingerprint density at radius 3 is 2.67 bits per heavy atom. The van der Waals surface area contributed by atoms with Gasteiger partial charge in [0.05, 0.1) is 0 Å². The fraction of sp³-hybridized carbons (Fsp3) is 0.429. The molecule has 1 unspecified atom stereocenters. The van der Waals surface area contributed by atoms with E-state index >= 15 is 0 Å². The zero-order valence-corrected chi connectivity index (χ0v) is 11.5. The fourth-order valence-corrected chi connectivity index (χ4v) is 2.58. The van der Waals surface area contributed by atoms with Crippen LogP contribution >= 0.6 is 11.6 Å². The van der Waals surface area contributed by atoms with Crippen LogP contribution in [0.2, 0.25) is 5.02 Å². The van der Waals surface area contributed by atoms with Crippen molar-refractivity contribution < 1.29 is 9.59 Å². The SMILES string of the molecule is CC(C)(C)N1Cc2ccc(Cl)cc2C1C(=O)C=O. The summed E-state index contributed by atoms with van der Waals surface area (Å²) in [6.45, 7) is 6.77. The lowest BCUT2D eigenvalue weighted by Gasteiger charge is -2.35. The van der Waals surface area contributed by atoms with Crippen LogP contribution < -0.4 is 0 Å². The molecule has 0 bridgehead atoms. The first-order chi connectivity index (χ1) is 8.34. The molecule has 0 saturated carbocycles. The maximum absolute atomic E-state index is 11.9. The second-order valence-corrected chi connectivity index (χ2v) is 6.00. The van der Waals surface area contributed by atoms with E-state index in [4.69, 9.17) is 11.6 Å². The summed E-state index contributed by atoms with van der Waals surface area (Å²) in [7, 11) is 0. The zero-order valence-electron chi connectivity index (χ0n) is 10.7. The summed E-state index contributed by atoms with van der Waals surface area (Å²) in [6, 6.07) is 5.02. The average molecular weight is 266 g/mol. The molecule has 0 N–H and O–H groups in total. The molecule has 0 amide bonds. The van der Waals surface area contributed by atoms with Crippen molar-refractivity contribution in [2.24, 2.45) is 0 Å². The van der Waals surface area contributed by atoms with Crippen molar-refractivity contribution >= 4 is 23.7 Å².